The molecule has 0 aliphatic carbocycles. The van der Waals surface area contributed by atoms with Crippen molar-refractivity contribution in [3.63, 3.8) is 0 Å². The number of hydrogen-bond acceptors (Lipinski definition) is 8. The van der Waals surface area contributed by atoms with Crippen molar-refractivity contribution < 1.29 is 35.8 Å². The molecule has 13 heteroatoms. The molecule has 2 N–H and O–H groups in total. The number of sulfonamides is 2. The lowest BCUT2D eigenvalue weighted by atomic mass is 10.2. The molecular weight excluding hydrogens is 546 g/mol. The normalized spacial score (nSPS) is 11.7. The average Bonchev–Trinajstić information content (AvgIpc) is 2.91. The van der Waals surface area contributed by atoms with E-state index in [9.17, 15) is 21.6 Å². The van der Waals surface area contributed by atoms with Crippen molar-refractivity contribution in [2.45, 2.75) is 29.7 Å². The van der Waals surface area contributed by atoms with Gasteiger partial charge in [0.05, 0.1) is 42.5 Å². The topological polar surface area (TPSA) is 140 Å². The molecule has 0 atom stereocenters. The first-order valence-electron chi connectivity index (χ1n) is 11.7. The first-order chi connectivity index (χ1) is 18.3. The molecule has 0 saturated carbocycles. The molecule has 0 fully saturated rings. The number of nitrogens with one attached hydrogen (secondary N) is 2. The van der Waals surface area contributed by atoms with E-state index >= 15 is 0 Å². The maximum Gasteiger partial charge on any atom is 0.264 e. The number of carbonyl (C=O) groups excluding carboxylic acids is 1. The summed E-state index contributed by atoms with van der Waals surface area (Å²) in [6.45, 7) is 3.40. The molecule has 0 bridgehead atoms. The van der Waals surface area contributed by atoms with Crippen LogP contribution in [-0.2, 0) is 20.0 Å². The van der Waals surface area contributed by atoms with E-state index in [-0.39, 0.29) is 38.6 Å². The average molecular weight is 578 g/mol. The number of ether oxygens (including phenoxy) is 3. The first kappa shape index (κ1) is 29.7. The van der Waals surface area contributed by atoms with E-state index in [1.165, 1.54) is 89.0 Å². The SMILES string of the molecule is COc1ccc(S(=O)(=O)NC(C)C)cc1NC(=O)c1ccc(N(C)S(=O)(=O)c2ccc(OC)c(OC)c2)cc1. The lowest BCUT2D eigenvalue weighted by Crippen LogP contribution is -2.30. The molecule has 0 unspecified atom stereocenters. The van der Waals surface area contributed by atoms with Crippen LogP contribution in [0.5, 0.6) is 17.2 Å². The third kappa shape index (κ3) is 6.61. The summed E-state index contributed by atoms with van der Waals surface area (Å²) >= 11 is 0. The number of methoxy groups -OCH3 is 3. The Morgan fingerprint density at radius 2 is 1.33 bits per heavy atom. The number of rotatable bonds is 11. The van der Waals surface area contributed by atoms with Gasteiger partial charge in [-0.15, -0.1) is 0 Å². The van der Waals surface area contributed by atoms with Gasteiger partial charge in [-0.2, -0.15) is 0 Å². The monoisotopic (exact) mass is 577 g/mol. The fourth-order valence-corrected chi connectivity index (χ4v) is 6.11. The Kier molecular flexibility index (Phi) is 9.10. The van der Waals surface area contributed by atoms with Crippen molar-refractivity contribution in [2.75, 3.05) is 38.0 Å². The van der Waals surface area contributed by atoms with E-state index < -0.39 is 26.0 Å². The number of anilines is 2. The van der Waals surface area contributed by atoms with Gasteiger partial charge >= 0.3 is 0 Å². The zero-order chi connectivity index (χ0) is 29.0. The quantitative estimate of drug-likeness (QED) is 0.353. The highest BCUT2D eigenvalue weighted by molar-refractivity contribution is 7.92. The van der Waals surface area contributed by atoms with Crippen LogP contribution in [0.4, 0.5) is 11.4 Å². The third-order valence-electron chi connectivity index (χ3n) is 5.63. The summed E-state index contributed by atoms with van der Waals surface area (Å²) in [5.74, 6) is 0.387. The molecule has 0 radical (unpaired) electrons. The van der Waals surface area contributed by atoms with Crippen LogP contribution in [0.1, 0.15) is 24.2 Å². The Bertz CT molecular complexity index is 1550. The molecule has 0 heterocycles. The molecule has 210 valence electrons. The summed E-state index contributed by atoms with van der Waals surface area (Å²) in [6, 6.07) is 14.0. The van der Waals surface area contributed by atoms with E-state index in [1.54, 1.807) is 13.8 Å². The van der Waals surface area contributed by atoms with Crippen LogP contribution in [0.15, 0.2) is 70.5 Å². The number of hydrogen-bond donors (Lipinski definition) is 2. The van der Waals surface area contributed by atoms with Crippen LogP contribution in [0.2, 0.25) is 0 Å². The van der Waals surface area contributed by atoms with Crippen molar-refractivity contribution in [3.8, 4) is 17.2 Å². The van der Waals surface area contributed by atoms with Gasteiger partial charge in [0.2, 0.25) is 10.0 Å². The molecule has 3 aromatic rings. The van der Waals surface area contributed by atoms with Gasteiger partial charge in [0.1, 0.15) is 5.75 Å². The summed E-state index contributed by atoms with van der Waals surface area (Å²) in [7, 11) is -2.10. The second-order valence-electron chi connectivity index (χ2n) is 8.63. The largest absolute Gasteiger partial charge is 0.495 e. The lowest BCUT2D eigenvalue weighted by Gasteiger charge is -2.20. The predicted molar refractivity (Wildman–Crippen MR) is 148 cm³/mol. The highest BCUT2D eigenvalue weighted by atomic mass is 32.2. The van der Waals surface area contributed by atoms with Crippen molar-refractivity contribution in [2.24, 2.45) is 0 Å². The van der Waals surface area contributed by atoms with Crippen LogP contribution < -0.4 is 28.6 Å². The molecule has 3 rings (SSSR count). The summed E-state index contributed by atoms with van der Waals surface area (Å²) in [4.78, 5) is 12.9. The minimum atomic E-state index is -3.95. The van der Waals surface area contributed by atoms with Crippen LogP contribution in [-0.4, -0.2) is 57.2 Å². The molecular formula is C26H31N3O8S2. The third-order valence-corrected chi connectivity index (χ3v) is 9.06. The fraction of sp³-hybridized carbons (Fsp3) is 0.269. The van der Waals surface area contributed by atoms with Gasteiger partial charge in [0.15, 0.2) is 11.5 Å². The zero-order valence-electron chi connectivity index (χ0n) is 22.4. The maximum absolute atomic E-state index is 13.2. The Hall–Kier alpha value is -3.81. The highest BCUT2D eigenvalue weighted by Crippen LogP contribution is 2.32. The van der Waals surface area contributed by atoms with E-state index in [0.717, 1.165) is 4.31 Å². The molecule has 0 aromatic heterocycles. The van der Waals surface area contributed by atoms with Crippen LogP contribution in [0, 0.1) is 0 Å². The summed E-state index contributed by atoms with van der Waals surface area (Å²) in [5, 5.41) is 2.66. The summed E-state index contributed by atoms with van der Waals surface area (Å²) in [5.41, 5.74) is 0.685. The van der Waals surface area contributed by atoms with E-state index in [4.69, 9.17) is 14.2 Å². The second kappa shape index (κ2) is 11.9. The standard InChI is InChI=1S/C26H31N3O8S2/c1-17(2)28-38(31,32)20-11-13-23(35-4)22(15-20)27-26(30)18-7-9-19(10-8-18)29(3)39(33,34)21-12-14-24(36-5)25(16-21)37-6/h7-17,28H,1-6H3,(H,27,30). The highest BCUT2D eigenvalue weighted by Gasteiger charge is 2.24. The predicted octanol–water partition coefficient (Wildman–Crippen LogP) is 3.48. The van der Waals surface area contributed by atoms with Crippen LogP contribution >= 0.6 is 0 Å². The van der Waals surface area contributed by atoms with Gasteiger partial charge in [-0.05, 0) is 68.4 Å². The molecule has 3 aromatic carbocycles. The first-order valence-corrected chi connectivity index (χ1v) is 14.6. The second-order valence-corrected chi connectivity index (χ2v) is 12.3. The Balaban J connectivity index is 1.84. The van der Waals surface area contributed by atoms with Gasteiger partial charge in [0.25, 0.3) is 15.9 Å². The molecule has 0 aliphatic rings. The van der Waals surface area contributed by atoms with E-state index in [2.05, 4.69) is 10.0 Å². The van der Waals surface area contributed by atoms with Crippen molar-refractivity contribution in [1.29, 1.82) is 0 Å². The van der Waals surface area contributed by atoms with Gasteiger partial charge < -0.3 is 19.5 Å². The van der Waals surface area contributed by atoms with Crippen LogP contribution in [0.3, 0.4) is 0 Å². The maximum atomic E-state index is 13.2. The molecule has 39 heavy (non-hydrogen) atoms. The number of benzene rings is 3. The van der Waals surface area contributed by atoms with E-state index in [0.29, 0.717) is 11.4 Å². The number of carbonyl (C=O) groups is 1. The summed E-state index contributed by atoms with van der Waals surface area (Å²) < 4.78 is 70.7. The number of nitrogens with zero attached hydrogens (tertiary/aromatic N) is 1. The fourth-order valence-electron chi connectivity index (χ4n) is 3.62. The minimum absolute atomic E-state index is 0.00152. The molecule has 0 saturated heterocycles. The van der Waals surface area contributed by atoms with Crippen molar-refractivity contribution in [1.82, 2.24) is 4.72 Å². The van der Waals surface area contributed by atoms with Gasteiger partial charge in [-0.3, -0.25) is 9.10 Å². The van der Waals surface area contributed by atoms with Gasteiger partial charge in [-0.25, -0.2) is 21.6 Å². The summed E-state index contributed by atoms with van der Waals surface area (Å²) in [6.07, 6.45) is 0. The number of amides is 1. The molecule has 11 nitrogen and oxygen atoms in total. The Morgan fingerprint density at radius 3 is 1.90 bits per heavy atom. The smallest absolute Gasteiger partial charge is 0.264 e. The minimum Gasteiger partial charge on any atom is -0.495 e. The zero-order valence-corrected chi connectivity index (χ0v) is 24.0. The van der Waals surface area contributed by atoms with Crippen molar-refractivity contribution >= 4 is 37.3 Å². The van der Waals surface area contributed by atoms with Gasteiger partial charge in [0, 0.05) is 24.7 Å². The van der Waals surface area contributed by atoms with Crippen LogP contribution in [0.25, 0.3) is 0 Å². The van der Waals surface area contributed by atoms with Crippen molar-refractivity contribution in [3.05, 3.63) is 66.2 Å². The lowest BCUT2D eigenvalue weighted by molar-refractivity contribution is 0.102. The Labute approximate surface area is 228 Å². The Morgan fingerprint density at radius 1 is 0.769 bits per heavy atom. The van der Waals surface area contributed by atoms with Gasteiger partial charge in [-0.1, -0.05) is 0 Å². The van der Waals surface area contributed by atoms with E-state index in [1.807, 2.05) is 0 Å². The molecule has 0 aliphatic heterocycles. The molecule has 0 spiro atoms. The molecule has 1 amide bonds.